The largest absolute Gasteiger partial charge is 0.633 e. The minimum Gasteiger partial charge on any atom is -0.633 e. The molecule has 0 radical (unpaired) electrons. The molecule has 0 aliphatic carbocycles. The summed E-state index contributed by atoms with van der Waals surface area (Å²) in [6.07, 6.45) is 0. The van der Waals surface area contributed by atoms with Gasteiger partial charge in [-0.2, -0.15) is 0 Å². The number of aromatic nitrogens is 1. The van der Waals surface area contributed by atoms with Crippen LogP contribution in [0, 0.1) is 5.21 Å². The first kappa shape index (κ1) is 19.9. The van der Waals surface area contributed by atoms with Gasteiger partial charge in [0.05, 0.1) is 46.0 Å². The summed E-state index contributed by atoms with van der Waals surface area (Å²) in [6, 6.07) is 3.49. The average Bonchev–Trinajstić information content (AvgIpc) is 2.99. The van der Waals surface area contributed by atoms with Crippen molar-refractivity contribution < 1.29 is 18.6 Å². The van der Waals surface area contributed by atoms with Crippen LogP contribution in [0.15, 0.2) is 16.5 Å². The van der Waals surface area contributed by atoms with Crippen LogP contribution in [0.5, 0.6) is 5.75 Å². The van der Waals surface area contributed by atoms with Gasteiger partial charge in [0, 0.05) is 29.5 Å². The monoisotopic (exact) mass is 394 g/mol. The number of amides is 1. The van der Waals surface area contributed by atoms with E-state index in [4.69, 9.17) is 9.15 Å². The number of hydroxylamine groups is 3. The minimum atomic E-state index is -0.259. The summed E-state index contributed by atoms with van der Waals surface area (Å²) in [6.45, 7) is 8.18. The van der Waals surface area contributed by atoms with Gasteiger partial charge in [-0.15, -0.1) is 0 Å². The van der Waals surface area contributed by atoms with Crippen molar-refractivity contribution in [2.45, 2.75) is 26.2 Å². The highest BCUT2D eigenvalue weighted by Crippen LogP contribution is 2.34. The fourth-order valence-corrected chi connectivity index (χ4v) is 3.49. The molecule has 148 valence electrons. The van der Waals surface area contributed by atoms with Crippen LogP contribution < -0.4 is 10.1 Å². The van der Waals surface area contributed by atoms with Gasteiger partial charge in [-0.3, -0.25) is 4.79 Å². The van der Waals surface area contributed by atoms with Gasteiger partial charge in [-0.1, -0.05) is 20.8 Å². The van der Waals surface area contributed by atoms with E-state index in [1.165, 1.54) is 0 Å². The second-order valence-electron chi connectivity index (χ2n) is 7.97. The summed E-state index contributed by atoms with van der Waals surface area (Å²) in [7, 11) is 3.21. The molecule has 2 aromatic rings. The average molecular weight is 394 g/mol. The SMILES string of the molecule is COc1cc2nc(C(C)(C)C)oc2cc1NC(=O)SN1CC[N+](C)([O-])CC1. The number of ether oxygens (including phenoxy) is 1. The standard InChI is InChI=1S/C18H26N4O4S/c1-18(2,3)16-19-13-10-14(25-5)12(11-15(13)26-16)20-17(23)27-21-6-8-22(4,24)9-7-21/h10-11H,6-9H2,1-5H3,(H,20,23). The number of carbonyl (C=O) groups excluding carboxylic acids is 1. The number of nitrogens with one attached hydrogen (secondary N) is 1. The molecule has 8 nitrogen and oxygen atoms in total. The number of benzene rings is 1. The minimum absolute atomic E-state index is 0.214. The van der Waals surface area contributed by atoms with Crippen molar-refractivity contribution in [3.63, 3.8) is 0 Å². The van der Waals surface area contributed by atoms with E-state index in [-0.39, 0.29) is 15.3 Å². The quantitative estimate of drug-likeness (QED) is 0.483. The summed E-state index contributed by atoms with van der Waals surface area (Å²) >= 11 is 1.08. The number of likely N-dealkylation sites (N-methyl/N-ethyl adjacent to an activating group) is 1. The highest BCUT2D eigenvalue weighted by molar-refractivity contribution is 8.11. The van der Waals surface area contributed by atoms with Gasteiger partial charge < -0.3 is 24.3 Å². The van der Waals surface area contributed by atoms with Gasteiger partial charge in [-0.05, 0) is 0 Å². The van der Waals surface area contributed by atoms with Crippen molar-refractivity contribution >= 4 is 34.0 Å². The molecule has 1 aliphatic rings. The lowest BCUT2D eigenvalue weighted by Crippen LogP contribution is -2.52. The van der Waals surface area contributed by atoms with Gasteiger partial charge in [0.15, 0.2) is 5.58 Å². The number of carbonyl (C=O) groups is 1. The third kappa shape index (κ3) is 4.73. The predicted molar refractivity (Wildman–Crippen MR) is 107 cm³/mol. The summed E-state index contributed by atoms with van der Waals surface area (Å²) in [5.41, 5.74) is 1.60. The number of nitrogens with zero attached hydrogens (tertiary/aromatic N) is 3. The molecule has 1 fully saturated rings. The van der Waals surface area contributed by atoms with E-state index in [2.05, 4.69) is 10.3 Å². The summed E-state index contributed by atoms with van der Waals surface area (Å²) in [4.78, 5) is 17.0. The Bertz CT molecular complexity index is 834. The van der Waals surface area contributed by atoms with Crippen molar-refractivity contribution in [2.75, 3.05) is 45.7 Å². The van der Waals surface area contributed by atoms with E-state index in [0.717, 1.165) is 11.9 Å². The lowest BCUT2D eigenvalue weighted by Gasteiger charge is -2.44. The summed E-state index contributed by atoms with van der Waals surface area (Å²) in [5, 5.41) is 14.5. The zero-order valence-corrected chi connectivity index (χ0v) is 17.2. The van der Waals surface area contributed by atoms with Gasteiger partial charge in [0.25, 0.3) is 5.24 Å². The molecule has 1 saturated heterocycles. The number of piperazine rings is 1. The third-order valence-corrected chi connectivity index (χ3v) is 5.34. The van der Waals surface area contributed by atoms with Crippen molar-refractivity contribution in [1.29, 1.82) is 0 Å². The maximum Gasteiger partial charge on any atom is 0.298 e. The number of oxazole rings is 1. The molecule has 2 heterocycles. The fourth-order valence-electron chi connectivity index (χ4n) is 2.75. The molecule has 0 saturated carbocycles. The lowest BCUT2D eigenvalue weighted by molar-refractivity contribution is -0.864. The molecule has 1 aromatic heterocycles. The van der Waals surface area contributed by atoms with E-state index in [9.17, 15) is 10.0 Å². The van der Waals surface area contributed by atoms with Crippen LogP contribution in [-0.2, 0) is 5.41 Å². The van der Waals surface area contributed by atoms with Crippen LogP contribution in [0.2, 0.25) is 0 Å². The van der Waals surface area contributed by atoms with Crippen LogP contribution in [0.4, 0.5) is 10.5 Å². The topological polar surface area (TPSA) is 90.7 Å². The zero-order chi connectivity index (χ0) is 19.8. The first-order valence-electron chi connectivity index (χ1n) is 8.86. The number of hydrogen-bond acceptors (Lipinski definition) is 7. The Morgan fingerprint density at radius 1 is 1.37 bits per heavy atom. The van der Waals surface area contributed by atoms with Crippen molar-refractivity contribution in [3.8, 4) is 5.75 Å². The normalized spacial score (nSPS) is 17.9. The fraction of sp³-hybridized carbons (Fsp3) is 0.556. The number of methoxy groups -OCH3 is 1. The maximum absolute atomic E-state index is 12.4. The Morgan fingerprint density at radius 3 is 2.63 bits per heavy atom. The van der Waals surface area contributed by atoms with Crippen LogP contribution in [-0.4, -0.2) is 59.5 Å². The number of anilines is 1. The molecule has 1 amide bonds. The molecule has 27 heavy (non-hydrogen) atoms. The van der Waals surface area contributed by atoms with Gasteiger partial charge in [-0.25, -0.2) is 9.29 Å². The van der Waals surface area contributed by atoms with Crippen molar-refractivity contribution in [1.82, 2.24) is 9.29 Å². The Balaban J connectivity index is 1.74. The van der Waals surface area contributed by atoms with E-state index in [0.29, 0.717) is 54.6 Å². The zero-order valence-electron chi connectivity index (χ0n) is 16.4. The Hall–Kier alpha value is -1.81. The van der Waals surface area contributed by atoms with E-state index in [1.54, 1.807) is 26.3 Å². The molecule has 3 rings (SSSR count). The maximum atomic E-state index is 12.4. The number of rotatable bonds is 3. The number of hydrogen-bond donors (Lipinski definition) is 1. The molecule has 1 aliphatic heterocycles. The lowest BCUT2D eigenvalue weighted by atomic mass is 9.97. The van der Waals surface area contributed by atoms with Crippen LogP contribution in [0.25, 0.3) is 11.1 Å². The van der Waals surface area contributed by atoms with Gasteiger partial charge in [0.1, 0.15) is 11.3 Å². The van der Waals surface area contributed by atoms with Crippen LogP contribution in [0.3, 0.4) is 0 Å². The Labute approximate surface area is 163 Å². The predicted octanol–water partition coefficient (Wildman–Crippen LogP) is 3.57. The molecular weight excluding hydrogens is 368 g/mol. The third-order valence-electron chi connectivity index (χ3n) is 4.44. The number of fused-ring (bicyclic) bond motifs is 1. The smallest absolute Gasteiger partial charge is 0.298 e. The summed E-state index contributed by atoms with van der Waals surface area (Å²) < 4.78 is 12.9. The first-order chi connectivity index (χ1) is 12.6. The van der Waals surface area contributed by atoms with Gasteiger partial charge in [0.2, 0.25) is 5.89 Å². The Kier molecular flexibility index (Phi) is 5.40. The highest BCUT2D eigenvalue weighted by atomic mass is 32.2. The van der Waals surface area contributed by atoms with Crippen LogP contribution >= 0.6 is 11.9 Å². The Morgan fingerprint density at radius 2 is 2.04 bits per heavy atom. The highest BCUT2D eigenvalue weighted by Gasteiger charge is 2.25. The molecule has 0 spiro atoms. The number of quaternary nitrogens is 1. The van der Waals surface area contributed by atoms with E-state index < -0.39 is 0 Å². The van der Waals surface area contributed by atoms with Crippen molar-refractivity contribution in [3.05, 3.63) is 23.2 Å². The second-order valence-corrected chi connectivity index (χ2v) is 9.04. The molecule has 0 bridgehead atoms. The molecule has 0 unspecified atom stereocenters. The second kappa shape index (κ2) is 7.31. The molecule has 1 N–H and O–H groups in total. The molecule has 1 aromatic carbocycles. The molecule has 9 heteroatoms. The van der Waals surface area contributed by atoms with Gasteiger partial charge >= 0.3 is 0 Å². The van der Waals surface area contributed by atoms with E-state index >= 15 is 0 Å². The molecular formula is C18H26N4O4S. The van der Waals surface area contributed by atoms with Crippen molar-refractivity contribution in [2.24, 2.45) is 0 Å². The molecule has 0 atom stereocenters. The van der Waals surface area contributed by atoms with Crippen LogP contribution in [0.1, 0.15) is 26.7 Å². The first-order valence-corrected chi connectivity index (χ1v) is 9.63. The summed E-state index contributed by atoms with van der Waals surface area (Å²) in [5.74, 6) is 1.15. The van der Waals surface area contributed by atoms with E-state index in [1.807, 2.05) is 25.1 Å².